The third-order valence-corrected chi connectivity index (χ3v) is 6.80. The molecule has 214 valence electrons. The Hall–Kier alpha value is -4.05. The van der Waals surface area contributed by atoms with E-state index in [0.29, 0.717) is 22.2 Å². The lowest BCUT2D eigenvalue weighted by atomic mass is 9.90. The van der Waals surface area contributed by atoms with Gasteiger partial charge in [-0.15, -0.1) is 0 Å². The molecule has 1 amide bonds. The number of hydrogen-bond acceptors (Lipinski definition) is 2. The summed E-state index contributed by atoms with van der Waals surface area (Å²) < 4.78 is 85.3. The minimum Gasteiger partial charge on any atom is -0.361 e. The Labute approximate surface area is 236 Å². The van der Waals surface area contributed by atoms with E-state index < -0.39 is 47.1 Å². The number of allylic oxidation sites excluding steroid dienone is 1. The Balaban J connectivity index is 1.79. The van der Waals surface area contributed by atoms with Crippen molar-refractivity contribution in [3.05, 3.63) is 112 Å². The van der Waals surface area contributed by atoms with Crippen LogP contribution in [0.1, 0.15) is 29.5 Å². The van der Waals surface area contributed by atoms with Crippen molar-refractivity contribution >= 4 is 39.7 Å². The summed E-state index contributed by atoms with van der Waals surface area (Å²) in [5.74, 6) is -6.69. The van der Waals surface area contributed by atoms with Crippen molar-refractivity contribution in [3.63, 3.8) is 0 Å². The van der Waals surface area contributed by atoms with Crippen molar-refractivity contribution in [2.45, 2.75) is 31.5 Å². The number of amides is 1. The number of nitrogens with zero attached hydrogens (tertiary/aromatic N) is 1. The first-order valence-electron chi connectivity index (χ1n) is 12.4. The molecule has 11 heteroatoms. The number of halogens is 7. The summed E-state index contributed by atoms with van der Waals surface area (Å²) in [4.78, 5) is 20.4. The van der Waals surface area contributed by atoms with Crippen LogP contribution in [0.3, 0.4) is 0 Å². The van der Waals surface area contributed by atoms with Gasteiger partial charge in [0.05, 0.1) is 11.8 Å². The van der Waals surface area contributed by atoms with Crippen molar-refractivity contribution in [2.24, 2.45) is 4.99 Å². The van der Waals surface area contributed by atoms with Crippen LogP contribution < -0.4 is 5.32 Å². The molecule has 0 saturated carbocycles. The summed E-state index contributed by atoms with van der Waals surface area (Å²) in [6, 6.07) is 11.3. The van der Waals surface area contributed by atoms with Crippen LogP contribution in [0.25, 0.3) is 16.5 Å². The zero-order chi connectivity index (χ0) is 29.9. The molecular formula is C30H24ClF6N3O. The van der Waals surface area contributed by atoms with Crippen LogP contribution >= 0.6 is 11.6 Å². The summed E-state index contributed by atoms with van der Waals surface area (Å²) in [6.45, 7) is 1.68. The van der Waals surface area contributed by atoms with Crippen LogP contribution in [0.15, 0.2) is 77.9 Å². The number of fused-ring (bicyclic) bond motifs is 1. The van der Waals surface area contributed by atoms with Crippen molar-refractivity contribution < 1.29 is 31.1 Å². The van der Waals surface area contributed by atoms with E-state index in [1.807, 2.05) is 0 Å². The standard InChI is InChI=1S/C30H24ClF6N3O/c1-3-22(17-4-6-18(31)7-5-17)28(38-2)26(12-16-10-20(33)13-21(34)11-16)40-29(41)27(30(35,36)37)24-15-39-25-9-8-19(32)14-23(24)25/h3-11,13-15,26-27,39H,12H2,1-2H3,(H,40,41)/b22-3-,38-28+/t26-,27?/m0/s1. The molecule has 0 radical (unpaired) electrons. The second kappa shape index (κ2) is 12.2. The van der Waals surface area contributed by atoms with Gasteiger partial charge in [-0.25, -0.2) is 13.2 Å². The molecule has 2 N–H and O–H groups in total. The molecule has 1 unspecified atom stereocenters. The number of aliphatic imine (C=N–C) groups is 1. The van der Waals surface area contributed by atoms with E-state index in [1.54, 1.807) is 37.3 Å². The molecule has 0 fully saturated rings. The largest absolute Gasteiger partial charge is 0.404 e. The summed E-state index contributed by atoms with van der Waals surface area (Å²) in [7, 11) is 1.39. The Morgan fingerprint density at radius 2 is 1.66 bits per heavy atom. The van der Waals surface area contributed by atoms with Crippen LogP contribution in [-0.4, -0.2) is 35.9 Å². The average Bonchev–Trinajstić information content (AvgIpc) is 3.28. The number of benzene rings is 3. The summed E-state index contributed by atoms with van der Waals surface area (Å²) in [5.41, 5.74) is 1.05. The van der Waals surface area contributed by atoms with Gasteiger partial charge in [-0.05, 0) is 72.5 Å². The number of aromatic nitrogens is 1. The maximum atomic E-state index is 14.4. The SMILES string of the molecule is C/C=C(\C(=N/C)[C@H](Cc1cc(F)cc(F)c1)NC(=O)C(c1c[nH]c2ccc(F)cc12)C(F)(F)F)c1ccc(Cl)cc1. The first kappa shape index (κ1) is 29.9. The molecule has 4 aromatic rings. The quantitative estimate of drug-likeness (QED) is 0.159. The fourth-order valence-corrected chi connectivity index (χ4v) is 4.94. The predicted octanol–water partition coefficient (Wildman–Crippen LogP) is 7.79. The average molecular weight is 592 g/mol. The molecule has 4 nitrogen and oxygen atoms in total. The summed E-state index contributed by atoms with van der Waals surface area (Å²) in [6.07, 6.45) is -2.69. The van der Waals surface area contributed by atoms with Crippen LogP contribution in [0, 0.1) is 17.5 Å². The van der Waals surface area contributed by atoms with Gasteiger partial charge >= 0.3 is 6.18 Å². The molecule has 0 bridgehead atoms. The van der Waals surface area contributed by atoms with Gasteiger partial charge in [0, 0.05) is 40.8 Å². The van der Waals surface area contributed by atoms with Gasteiger partial charge in [0.15, 0.2) is 5.92 Å². The number of hydrogen-bond donors (Lipinski definition) is 2. The molecule has 41 heavy (non-hydrogen) atoms. The van der Waals surface area contributed by atoms with Gasteiger partial charge in [-0.2, -0.15) is 13.2 Å². The Morgan fingerprint density at radius 3 is 2.24 bits per heavy atom. The zero-order valence-corrected chi connectivity index (χ0v) is 22.5. The maximum absolute atomic E-state index is 14.4. The molecule has 1 heterocycles. The predicted molar refractivity (Wildman–Crippen MR) is 148 cm³/mol. The van der Waals surface area contributed by atoms with Crippen molar-refractivity contribution in [1.82, 2.24) is 10.3 Å². The second-order valence-electron chi connectivity index (χ2n) is 9.27. The highest BCUT2D eigenvalue weighted by atomic mass is 35.5. The first-order chi connectivity index (χ1) is 19.4. The van der Waals surface area contributed by atoms with E-state index >= 15 is 0 Å². The minimum atomic E-state index is -5.07. The number of carbonyl (C=O) groups excluding carboxylic acids is 1. The van der Waals surface area contributed by atoms with Crippen molar-refractivity contribution in [3.8, 4) is 0 Å². The second-order valence-corrected chi connectivity index (χ2v) is 9.71. The van der Waals surface area contributed by atoms with Crippen LogP contribution in [0.2, 0.25) is 5.02 Å². The Morgan fingerprint density at radius 1 is 1.00 bits per heavy atom. The molecule has 0 saturated heterocycles. The molecular weight excluding hydrogens is 568 g/mol. The fourth-order valence-electron chi connectivity index (χ4n) is 4.81. The Kier molecular flexibility index (Phi) is 8.92. The number of nitrogens with one attached hydrogen (secondary N) is 2. The van der Waals surface area contributed by atoms with Gasteiger partial charge in [-0.1, -0.05) is 29.8 Å². The lowest BCUT2D eigenvalue weighted by Crippen LogP contribution is -2.47. The monoisotopic (exact) mass is 591 g/mol. The molecule has 2 atom stereocenters. The van der Waals surface area contributed by atoms with Gasteiger partial charge < -0.3 is 10.3 Å². The minimum absolute atomic E-state index is 0.0817. The highest BCUT2D eigenvalue weighted by Gasteiger charge is 2.48. The molecule has 0 aliphatic heterocycles. The molecule has 1 aromatic heterocycles. The maximum Gasteiger partial charge on any atom is 0.404 e. The summed E-state index contributed by atoms with van der Waals surface area (Å²) >= 11 is 6.01. The zero-order valence-electron chi connectivity index (χ0n) is 21.8. The van der Waals surface area contributed by atoms with Crippen LogP contribution in [-0.2, 0) is 11.2 Å². The first-order valence-corrected chi connectivity index (χ1v) is 12.8. The number of rotatable bonds is 8. The van der Waals surface area contributed by atoms with Gasteiger partial charge in [-0.3, -0.25) is 9.79 Å². The lowest BCUT2D eigenvalue weighted by Gasteiger charge is -2.27. The van der Waals surface area contributed by atoms with Crippen molar-refractivity contribution in [2.75, 3.05) is 7.05 Å². The highest BCUT2D eigenvalue weighted by molar-refractivity contribution is 6.31. The van der Waals surface area contributed by atoms with E-state index in [2.05, 4.69) is 15.3 Å². The smallest absolute Gasteiger partial charge is 0.361 e. The van der Waals surface area contributed by atoms with E-state index in [1.165, 1.54) is 13.1 Å². The van der Waals surface area contributed by atoms with Crippen LogP contribution in [0.4, 0.5) is 26.3 Å². The molecule has 0 spiro atoms. The van der Waals surface area contributed by atoms with E-state index in [9.17, 15) is 31.1 Å². The lowest BCUT2D eigenvalue weighted by molar-refractivity contribution is -0.164. The topological polar surface area (TPSA) is 57.2 Å². The van der Waals surface area contributed by atoms with E-state index in [0.717, 1.165) is 30.5 Å². The Bertz CT molecular complexity index is 1610. The normalized spacial score (nSPS) is 14.3. The van der Waals surface area contributed by atoms with E-state index in [-0.39, 0.29) is 28.6 Å². The number of carbonyl (C=O) groups is 1. The third kappa shape index (κ3) is 6.82. The molecule has 3 aromatic carbocycles. The van der Waals surface area contributed by atoms with Gasteiger partial charge in [0.25, 0.3) is 0 Å². The number of alkyl halides is 3. The number of aromatic amines is 1. The molecule has 0 aliphatic rings. The van der Waals surface area contributed by atoms with E-state index in [4.69, 9.17) is 11.6 Å². The third-order valence-electron chi connectivity index (χ3n) is 6.55. The van der Waals surface area contributed by atoms with Gasteiger partial charge in [0.1, 0.15) is 17.5 Å². The molecule has 0 aliphatic carbocycles. The molecule has 4 rings (SSSR count). The van der Waals surface area contributed by atoms with Crippen molar-refractivity contribution in [1.29, 1.82) is 0 Å². The fraction of sp³-hybridized carbons (Fsp3) is 0.200. The van der Waals surface area contributed by atoms with Crippen LogP contribution in [0.5, 0.6) is 0 Å². The van der Waals surface area contributed by atoms with Gasteiger partial charge in [0.2, 0.25) is 5.91 Å². The highest BCUT2D eigenvalue weighted by Crippen LogP contribution is 2.39. The number of H-pyrrole nitrogens is 1. The summed E-state index contributed by atoms with van der Waals surface area (Å²) in [5, 5.41) is 2.76.